The van der Waals surface area contributed by atoms with Gasteiger partial charge in [-0.3, -0.25) is 4.79 Å². The molecule has 0 saturated heterocycles. The van der Waals surface area contributed by atoms with Crippen LogP contribution in [0.2, 0.25) is 10.0 Å². The maximum absolute atomic E-state index is 12.6. The van der Waals surface area contributed by atoms with Crippen LogP contribution in [0.3, 0.4) is 0 Å². The Hall–Kier alpha value is -3.02. The Kier molecular flexibility index (Phi) is 5.64. The minimum Gasteiger partial charge on any atom is -0.478 e. The van der Waals surface area contributed by atoms with Gasteiger partial charge in [-0.05, 0) is 48.5 Å². The fourth-order valence-corrected chi connectivity index (χ4v) is 2.92. The van der Waals surface area contributed by atoms with E-state index in [1.165, 1.54) is 24.3 Å². The van der Waals surface area contributed by atoms with E-state index in [-0.39, 0.29) is 21.2 Å². The van der Waals surface area contributed by atoms with Gasteiger partial charge in [-0.25, -0.2) is 4.79 Å². The maximum Gasteiger partial charge on any atom is 0.335 e. The highest BCUT2D eigenvalue weighted by Gasteiger charge is 2.16. The Morgan fingerprint density at radius 2 is 1.48 bits per heavy atom. The molecule has 1 amide bonds. The number of ether oxygens (including phenoxy) is 1. The summed E-state index contributed by atoms with van der Waals surface area (Å²) in [6, 6.07) is 17.6. The van der Waals surface area contributed by atoms with Crippen molar-refractivity contribution in [1.82, 2.24) is 0 Å². The number of aromatic carboxylic acids is 1. The van der Waals surface area contributed by atoms with Crippen molar-refractivity contribution in [2.75, 3.05) is 5.32 Å². The Morgan fingerprint density at radius 3 is 2.11 bits per heavy atom. The average Bonchev–Trinajstić information content (AvgIpc) is 2.63. The van der Waals surface area contributed by atoms with Gasteiger partial charge in [0.15, 0.2) is 5.75 Å². The summed E-state index contributed by atoms with van der Waals surface area (Å²) in [5.41, 5.74) is 0.736. The number of para-hydroxylation sites is 2. The molecular formula is C20H13Cl2NO4. The van der Waals surface area contributed by atoms with E-state index in [4.69, 9.17) is 33.0 Å². The zero-order valence-electron chi connectivity index (χ0n) is 13.8. The predicted octanol–water partition coefficient (Wildman–Crippen LogP) is 5.74. The monoisotopic (exact) mass is 401 g/mol. The highest BCUT2D eigenvalue weighted by atomic mass is 35.5. The van der Waals surface area contributed by atoms with E-state index in [2.05, 4.69) is 5.32 Å². The number of rotatable bonds is 5. The van der Waals surface area contributed by atoms with Crippen LogP contribution in [0.4, 0.5) is 5.69 Å². The number of carboxylic acids is 1. The second-order valence-electron chi connectivity index (χ2n) is 5.48. The van der Waals surface area contributed by atoms with Gasteiger partial charge >= 0.3 is 5.97 Å². The highest BCUT2D eigenvalue weighted by Crippen LogP contribution is 2.31. The van der Waals surface area contributed by atoms with Crippen LogP contribution < -0.4 is 10.1 Å². The van der Waals surface area contributed by atoms with Crippen LogP contribution in [0.1, 0.15) is 20.7 Å². The van der Waals surface area contributed by atoms with Gasteiger partial charge in [0.1, 0.15) is 5.75 Å². The molecule has 0 atom stereocenters. The number of hydrogen-bond donors (Lipinski definition) is 2. The van der Waals surface area contributed by atoms with Crippen molar-refractivity contribution in [2.45, 2.75) is 0 Å². The quantitative estimate of drug-likeness (QED) is 0.571. The molecule has 136 valence electrons. The van der Waals surface area contributed by atoms with Gasteiger partial charge in [0.25, 0.3) is 5.91 Å². The molecule has 0 aliphatic carbocycles. The van der Waals surface area contributed by atoms with E-state index in [1.807, 2.05) is 0 Å². The van der Waals surface area contributed by atoms with Crippen LogP contribution in [0.25, 0.3) is 0 Å². The van der Waals surface area contributed by atoms with Crippen LogP contribution >= 0.6 is 23.2 Å². The Morgan fingerprint density at radius 1 is 0.852 bits per heavy atom. The summed E-state index contributed by atoms with van der Waals surface area (Å²) in [6.45, 7) is 0. The third-order valence-electron chi connectivity index (χ3n) is 3.65. The molecule has 0 aromatic heterocycles. The number of halogens is 2. The third kappa shape index (κ3) is 4.39. The molecule has 3 aromatic carbocycles. The zero-order valence-corrected chi connectivity index (χ0v) is 15.3. The molecule has 0 aliphatic rings. The fraction of sp³-hybridized carbons (Fsp3) is 0. The molecule has 0 unspecified atom stereocenters. The Labute approximate surface area is 165 Å². The third-order valence-corrected chi connectivity index (χ3v) is 4.28. The Balaban J connectivity index is 1.84. The lowest BCUT2D eigenvalue weighted by atomic mass is 10.2. The minimum atomic E-state index is -1.02. The van der Waals surface area contributed by atoms with Crippen molar-refractivity contribution >= 4 is 40.8 Å². The summed E-state index contributed by atoms with van der Waals surface area (Å²) in [6.07, 6.45) is 0. The molecule has 0 spiro atoms. The van der Waals surface area contributed by atoms with Gasteiger partial charge in [0, 0.05) is 0 Å². The van der Waals surface area contributed by atoms with Crippen LogP contribution in [0.5, 0.6) is 11.5 Å². The topological polar surface area (TPSA) is 75.6 Å². The van der Waals surface area contributed by atoms with Crippen molar-refractivity contribution in [1.29, 1.82) is 0 Å². The number of carbonyl (C=O) groups is 2. The molecule has 0 aliphatic heterocycles. The number of carbonyl (C=O) groups excluding carboxylic acids is 1. The first-order valence-electron chi connectivity index (χ1n) is 7.81. The first-order valence-corrected chi connectivity index (χ1v) is 8.57. The SMILES string of the molecule is O=C(O)c1ccc(Oc2ccccc2NC(=O)c2c(Cl)cccc2Cl)cc1. The Bertz CT molecular complexity index is 983. The van der Waals surface area contributed by atoms with Gasteiger partial charge in [0.2, 0.25) is 0 Å². The summed E-state index contributed by atoms with van der Waals surface area (Å²) in [5.74, 6) is -0.678. The second kappa shape index (κ2) is 8.12. The molecule has 0 saturated carbocycles. The van der Waals surface area contributed by atoms with Gasteiger partial charge in [-0.15, -0.1) is 0 Å². The molecule has 5 nitrogen and oxygen atoms in total. The van der Waals surface area contributed by atoms with Crippen LogP contribution in [-0.2, 0) is 0 Å². The number of nitrogens with one attached hydrogen (secondary N) is 1. The van der Waals surface area contributed by atoms with Crippen molar-refractivity contribution in [3.05, 3.63) is 87.9 Å². The molecule has 7 heteroatoms. The summed E-state index contributed by atoms with van der Waals surface area (Å²) < 4.78 is 5.77. The first-order chi connectivity index (χ1) is 13.0. The summed E-state index contributed by atoms with van der Waals surface area (Å²) in [4.78, 5) is 23.5. The average molecular weight is 402 g/mol. The lowest BCUT2D eigenvalue weighted by Crippen LogP contribution is -2.13. The van der Waals surface area contributed by atoms with Crippen LogP contribution in [0, 0.1) is 0 Å². The lowest BCUT2D eigenvalue weighted by molar-refractivity contribution is 0.0696. The van der Waals surface area contributed by atoms with Crippen molar-refractivity contribution in [2.24, 2.45) is 0 Å². The predicted molar refractivity (Wildman–Crippen MR) is 104 cm³/mol. The number of carboxylic acid groups (broad SMARTS) is 1. The van der Waals surface area contributed by atoms with Crippen LogP contribution in [0.15, 0.2) is 66.7 Å². The number of amides is 1. The molecule has 3 rings (SSSR count). The van der Waals surface area contributed by atoms with Crippen LogP contribution in [-0.4, -0.2) is 17.0 Å². The second-order valence-corrected chi connectivity index (χ2v) is 6.29. The van der Waals surface area contributed by atoms with Gasteiger partial charge in [-0.1, -0.05) is 41.4 Å². The smallest absolute Gasteiger partial charge is 0.335 e. The van der Waals surface area contributed by atoms with E-state index in [0.717, 1.165) is 0 Å². The zero-order chi connectivity index (χ0) is 19.4. The number of benzene rings is 3. The summed E-state index contributed by atoms with van der Waals surface area (Å²) >= 11 is 12.2. The molecule has 0 bridgehead atoms. The summed E-state index contributed by atoms with van der Waals surface area (Å²) in [7, 11) is 0. The molecule has 3 aromatic rings. The number of hydrogen-bond acceptors (Lipinski definition) is 3. The molecule has 2 N–H and O–H groups in total. The van der Waals surface area contributed by atoms with E-state index in [9.17, 15) is 9.59 Å². The summed E-state index contributed by atoms with van der Waals surface area (Å²) in [5, 5.41) is 12.2. The van der Waals surface area contributed by atoms with Gasteiger partial charge < -0.3 is 15.2 Å². The van der Waals surface area contributed by atoms with E-state index in [0.29, 0.717) is 17.2 Å². The normalized spacial score (nSPS) is 10.3. The molecule has 0 fully saturated rings. The molecule has 0 heterocycles. The molecule has 27 heavy (non-hydrogen) atoms. The molecule has 0 radical (unpaired) electrons. The standard InChI is InChI=1S/C20H13Cl2NO4/c21-14-4-3-5-15(22)18(14)19(24)23-16-6-1-2-7-17(16)27-13-10-8-12(9-11-13)20(25)26/h1-11H,(H,23,24)(H,25,26). The van der Waals surface area contributed by atoms with E-state index >= 15 is 0 Å². The van der Waals surface area contributed by atoms with Crippen molar-refractivity contribution < 1.29 is 19.4 Å². The maximum atomic E-state index is 12.6. The van der Waals surface area contributed by atoms with Gasteiger partial charge in [-0.2, -0.15) is 0 Å². The van der Waals surface area contributed by atoms with Crippen molar-refractivity contribution in [3.63, 3.8) is 0 Å². The van der Waals surface area contributed by atoms with E-state index < -0.39 is 11.9 Å². The first kappa shape index (κ1) is 18.8. The minimum absolute atomic E-state index is 0.150. The highest BCUT2D eigenvalue weighted by molar-refractivity contribution is 6.40. The van der Waals surface area contributed by atoms with E-state index in [1.54, 1.807) is 42.5 Å². The lowest BCUT2D eigenvalue weighted by Gasteiger charge is -2.13. The number of anilines is 1. The fourth-order valence-electron chi connectivity index (χ4n) is 2.35. The van der Waals surface area contributed by atoms with Gasteiger partial charge in [0.05, 0.1) is 26.9 Å². The van der Waals surface area contributed by atoms with Crippen molar-refractivity contribution in [3.8, 4) is 11.5 Å². The largest absolute Gasteiger partial charge is 0.478 e. The molecular weight excluding hydrogens is 389 g/mol.